The molecule has 0 aliphatic rings. The number of aldehydes is 2. The van der Waals surface area contributed by atoms with Gasteiger partial charge in [-0.25, -0.2) is 9.13 Å². The Kier molecular flexibility index (Phi) is 11.9. The van der Waals surface area contributed by atoms with Gasteiger partial charge in [-0.1, -0.05) is 0 Å². The predicted octanol–water partition coefficient (Wildman–Crippen LogP) is -3.33. The molecule has 0 saturated carbocycles. The van der Waals surface area contributed by atoms with Crippen LogP contribution in [0.4, 0.5) is 0 Å². The summed E-state index contributed by atoms with van der Waals surface area (Å²) >= 11 is 0. The number of rotatable bonds is 9. The normalized spacial score (nSPS) is 16.0. The maximum Gasteiger partial charge on any atom is 0.470 e. The Hall–Kier alpha value is -0.560. The minimum Gasteiger partial charge on any atom is -0.393 e. The van der Waals surface area contributed by atoms with Crippen LogP contribution in [0.25, 0.3) is 0 Å². The minimum absolute atomic E-state index is 0.122. The third-order valence-corrected chi connectivity index (χ3v) is 2.58. The fraction of sp³-hybridized carbons (Fsp3) is 0.714. The van der Waals surface area contributed by atoms with Crippen molar-refractivity contribution >= 4 is 28.2 Å². The van der Waals surface area contributed by atoms with Gasteiger partial charge in [-0.3, -0.25) is 9.05 Å². The lowest BCUT2D eigenvalue weighted by atomic mass is 10.2. The molecule has 0 bridgehead atoms. The molecule has 0 aromatic heterocycles. The summed E-state index contributed by atoms with van der Waals surface area (Å²) in [5.74, 6) is 0. The zero-order chi connectivity index (χ0) is 18.0. The monoisotopic (exact) mass is 370 g/mol. The summed E-state index contributed by atoms with van der Waals surface area (Å²) in [5, 5.41) is 24.8. The van der Waals surface area contributed by atoms with E-state index in [1.807, 2.05) is 0 Å². The summed E-state index contributed by atoms with van der Waals surface area (Å²) in [6.07, 6.45) is -4.90. The van der Waals surface area contributed by atoms with Gasteiger partial charge < -0.3 is 44.5 Å². The van der Waals surface area contributed by atoms with Crippen molar-refractivity contribution in [3.63, 3.8) is 0 Å². The van der Waals surface area contributed by atoms with E-state index < -0.39 is 47.2 Å². The van der Waals surface area contributed by atoms with Crippen LogP contribution < -0.4 is 0 Å². The van der Waals surface area contributed by atoms with Crippen LogP contribution in [0.15, 0.2) is 0 Å². The van der Waals surface area contributed by atoms with Crippen LogP contribution in [0, 0.1) is 0 Å². The van der Waals surface area contributed by atoms with Crippen molar-refractivity contribution < 1.29 is 62.7 Å². The molecule has 0 radical (unpaired) electrons. The van der Waals surface area contributed by atoms with Crippen LogP contribution in [-0.4, -0.2) is 79.0 Å². The Morgan fingerprint density at radius 1 is 0.955 bits per heavy atom. The number of phosphoric acid groups is 2. The Morgan fingerprint density at radius 3 is 1.68 bits per heavy atom. The average Bonchev–Trinajstić information content (AvgIpc) is 2.40. The van der Waals surface area contributed by atoms with Crippen LogP contribution in [0.5, 0.6) is 0 Å². The van der Waals surface area contributed by atoms with E-state index in [-0.39, 0.29) is 12.6 Å². The van der Waals surface area contributed by atoms with Crippen LogP contribution in [0.3, 0.4) is 0 Å². The smallest absolute Gasteiger partial charge is 0.393 e. The summed E-state index contributed by atoms with van der Waals surface area (Å²) in [5.41, 5.74) is 0. The van der Waals surface area contributed by atoms with Gasteiger partial charge in [-0.05, 0) is 0 Å². The number of carbonyl (C=O) groups excluding carboxylic acids is 2. The molecule has 0 amide bonds. The number of hydrogen-bond acceptors (Lipinski definition) is 9. The molecule has 0 aliphatic heterocycles. The quantitative estimate of drug-likeness (QED) is 0.156. The van der Waals surface area contributed by atoms with Gasteiger partial charge in [0.05, 0.1) is 13.2 Å². The summed E-state index contributed by atoms with van der Waals surface area (Å²) in [4.78, 5) is 52.8. The molecule has 0 aromatic carbocycles. The van der Waals surface area contributed by atoms with Crippen LogP contribution in [-0.2, 0) is 27.8 Å². The second-order valence-corrected chi connectivity index (χ2v) is 5.86. The zero-order valence-corrected chi connectivity index (χ0v) is 12.6. The Bertz CT molecular complexity index is 413. The molecule has 1 unspecified atom stereocenters. The molecule has 0 heterocycles. The highest BCUT2D eigenvalue weighted by Gasteiger charge is 2.30. The maximum atomic E-state index is 10.4. The third kappa shape index (κ3) is 15.8. The van der Waals surface area contributed by atoms with E-state index in [2.05, 4.69) is 9.05 Å². The molecule has 0 fully saturated rings. The minimum atomic E-state index is -5.02. The lowest BCUT2D eigenvalue weighted by Gasteiger charge is -2.19. The van der Waals surface area contributed by atoms with E-state index >= 15 is 0 Å². The van der Waals surface area contributed by atoms with Crippen molar-refractivity contribution in [2.75, 3.05) is 13.2 Å². The maximum absolute atomic E-state index is 10.4. The zero-order valence-electron chi connectivity index (χ0n) is 10.8. The largest absolute Gasteiger partial charge is 0.470 e. The first kappa shape index (κ1) is 23.7. The summed E-state index contributed by atoms with van der Waals surface area (Å²) in [6.45, 7) is -1.54. The fourth-order valence-corrected chi connectivity index (χ4v) is 1.55. The molecule has 0 aromatic rings. The van der Waals surface area contributed by atoms with Gasteiger partial charge in [0, 0.05) is 0 Å². The summed E-state index contributed by atoms with van der Waals surface area (Å²) < 4.78 is 28.4. The predicted molar refractivity (Wildman–Crippen MR) is 66.1 cm³/mol. The average molecular weight is 370 g/mol. The Morgan fingerprint density at radius 2 is 1.45 bits per heavy atom. The SMILES string of the molecule is O=CC(O)CO.O=C[C@H](O)[C@@H](COP(=O)(O)O)OP(=O)(O)O. The van der Waals surface area contributed by atoms with Gasteiger partial charge in [0.25, 0.3) is 0 Å². The molecular weight excluding hydrogens is 354 g/mol. The van der Waals surface area contributed by atoms with Crippen LogP contribution in [0.1, 0.15) is 0 Å². The van der Waals surface area contributed by atoms with Crippen molar-refractivity contribution in [3.8, 4) is 0 Å². The first-order chi connectivity index (χ1) is 9.86. The van der Waals surface area contributed by atoms with Gasteiger partial charge in [0.15, 0.2) is 12.6 Å². The van der Waals surface area contributed by atoms with Crippen LogP contribution in [0.2, 0.25) is 0 Å². The molecule has 13 nitrogen and oxygen atoms in total. The lowest BCUT2D eigenvalue weighted by molar-refractivity contribution is -0.121. The van der Waals surface area contributed by atoms with E-state index in [4.69, 9.17) is 34.9 Å². The van der Waals surface area contributed by atoms with Crippen molar-refractivity contribution in [1.29, 1.82) is 0 Å². The number of aliphatic hydroxyl groups excluding tert-OH is 3. The van der Waals surface area contributed by atoms with Crippen molar-refractivity contribution in [2.45, 2.75) is 18.3 Å². The molecule has 0 aliphatic carbocycles. The number of phosphoric ester groups is 2. The second-order valence-electron chi connectivity index (χ2n) is 3.43. The molecule has 22 heavy (non-hydrogen) atoms. The van der Waals surface area contributed by atoms with Gasteiger partial charge in [0.1, 0.15) is 18.3 Å². The highest BCUT2D eigenvalue weighted by molar-refractivity contribution is 7.46. The molecule has 3 atom stereocenters. The number of carbonyl (C=O) groups is 2. The fourth-order valence-electron chi connectivity index (χ4n) is 0.669. The highest BCUT2D eigenvalue weighted by Crippen LogP contribution is 2.40. The van der Waals surface area contributed by atoms with E-state index in [0.29, 0.717) is 0 Å². The van der Waals surface area contributed by atoms with Gasteiger partial charge >= 0.3 is 15.6 Å². The van der Waals surface area contributed by atoms with E-state index in [1.54, 1.807) is 0 Å². The Labute approximate surface area is 123 Å². The first-order valence-corrected chi connectivity index (χ1v) is 8.24. The van der Waals surface area contributed by atoms with E-state index in [0.717, 1.165) is 0 Å². The van der Waals surface area contributed by atoms with E-state index in [9.17, 15) is 18.7 Å². The molecule has 0 rings (SSSR count). The standard InChI is InChI=1S/C4H10O10P2.C3H6O3/c5-1-3(6)4(14-16(10,11)12)2-13-15(7,8)9;4-1-3(6)2-5/h1,3-4,6H,2H2,(H2,7,8,9)(H2,10,11,12);1,3,5-6H,2H2/t3-,4+;/m0./s1. The number of aliphatic hydroxyl groups is 3. The van der Waals surface area contributed by atoms with E-state index in [1.165, 1.54) is 0 Å². The topological polar surface area (TPSA) is 228 Å². The Balaban J connectivity index is 0. The van der Waals surface area contributed by atoms with Crippen molar-refractivity contribution in [2.24, 2.45) is 0 Å². The van der Waals surface area contributed by atoms with Crippen molar-refractivity contribution in [1.82, 2.24) is 0 Å². The molecule has 7 N–H and O–H groups in total. The van der Waals surface area contributed by atoms with Gasteiger partial charge in [-0.2, -0.15) is 0 Å². The highest BCUT2D eigenvalue weighted by atomic mass is 31.2. The summed E-state index contributed by atoms with van der Waals surface area (Å²) in [6, 6.07) is 0. The molecular formula is C7H16O13P2. The lowest BCUT2D eigenvalue weighted by Crippen LogP contribution is -2.33. The van der Waals surface area contributed by atoms with Gasteiger partial charge in [0.2, 0.25) is 0 Å². The molecule has 0 saturated heterocycles. The second kappa shape index (κ2) is 11.0. The molecule has 15 heteroatoms. The van der Waals surface area contributed by atoms with Crippen LogP contribution >= 0.6 is 15.6 Å². The summed E-state index contributed by atoms with van der Waals surface area (Å²) in [7, 11) is -9.92. The van der Waals surface area contributed by atoms with Gasteiger partial charge in [-0.15, -0.1) is 0 Å². The van der Waals surface area contributed by atoms with Crippen molar-refractivity contribution in [3.05, 3.63) is 0 Å². The first-order valence-electron chi connectivity index (χ1n) is 5.18. The molecule has 0 spiro atoms. The number of hydrogen-bond donors (Lipinski definition) is 7. The third-order valence-electron chi connectivity index (χ3n) is 1.54. The molecule has 132 valence electrons.